The maximum atomic E-state index is 10.2. The number of aldehydes is 1. The van der Waals surface area contributed by atoms with E-state index in [0.29, 0.717) is 11.4 Å². The van der Waals surface area contributed by atoms with Crippen molar-refractivity contribution < 1.29 is 4.79 Å². The van der Waals surface area contributed by atoms with E-state index in [1.165, 1.54) is 0 Å². The first-order valence-corrected chi connectivity index (χ1v) is 5.91. The highest BCUT2D eigenvalue weighted by atomic mass is 35.5. The first-order valence-electron chi connectivity index (χ1n) is 5.53. The van der Waals surface area contributed by atoms with E-state index < -0.39 is 0 Å². The molecule has 0 saturated carbocycles. The van der Waals surface area contributed by atoms with Gasteiger partial charge in [-0.25, -0.2) is 0 Å². The summed E-state index contributed by atoms with van der Waals surface area (Å²) in [6.07, 6.45) is 4.11. The number of aromatic nitrogens is 1. The lowest BCUT2D eigenvalue weighted by atomic mass is 10.2. The van der Waals surface area contributed by atoms with Gasteiger partial charge in [-0.2, -0.15) is 0 Å². The summed E-state index contributed by atoms with van der Waals surface area (Å²) in [5, 5.41) is 5.03. The van der Waals surface area contributed by atoms with Crippen LogP contribution < -0.4 is 5.32 Å². The van der Waals surface area contributed by atoms with Crippen LogP contribution in [-0.2, 0) is 4.79 Å². The lowest BCUT2D eigenvalue weighted by molar-refractivity contribution is -0.107. The number of anilines is 1. The molecule has 4 heteroatoms. The van der Waals surface area contributed by atoms with Gasteiger partial charge in [0.2, 0.25) is 0 Å². The normalized spacial score (nSPS) is 10.4. The Kier molecular flexibility index (Phi) is 3.94. The molecule has 0 radical (unpaired) electrons. The van der Waals surface area contributed by atoms with Gasteiger partial charge in [0.05, 0.1) is 5.52 Å². The Hall–Kier alpha value is -1.61. The summed E-state index contributed by atoms with van der Waals surface area (Å²) >= 11 is 5.92. The molecular formula is C13H13ClN2O. The van der Waals surface area contributed by atoms with Crippen LogP contribution in [0.15, 0.2) is 30.5 Å². The van der Waals surface area contributed by atoms with Crippen molar-refractivity contribution in [2.45, 2.75) is 12.8 Å². The number of hydrogen-bond donors (Lipinski definition) is 1. The van der Waals surface area contributed by atoms with Gasteiger partial charge in [-0.3, -0.25) is 4.98 Å². The van der Waals surface area contributed by atoms with Crippen LogP contribution in [0, 0.1) is 0 Å². The van der Waals surface area contributed by atoms with E-state index in [9.17, 15) is 4.79 Å². The quantitative estimate of drug-likeness (QED) is 0.652. The molecule has 0 saturated heterocycles. The summed E-state index contributed by atoms with van der Waals surface area (Å²) in [6, 6.07) is 7.57. The van der Waals surface area contributed by atoms with Crippen molar-refractivity contribution in [3.8, 4) is 0 Å². The molecule has 1 aromatic carbocycles. The second-order valence-electron chi connectivity index (χ2n) is 3.76. The highest BCUT2D eigenvalue weighted by Crippen LogP contribution is 2.24. The molecule has 3 nitrogen and oxygen atoms in total. The molecule has 0 aliphatic carbocycles. The molecule has 0 unspecified atom stereocenters. The zero-order valence-electron chi connectivity index (χ0n) is 9.32. The van der Waals surface area contributed by atoms with Gasteiger partial charge in [-0.15, -0.1) is 0 Å². The minimum absolute atomic E-state index is 0.585. The van der Waals surface area contributed by atoms with Gasteiger partial charge in [-0.05, 0) is 30.7 Å². The van der Waals surface area contributed by atoms with Crippen LogP contribution in [0.1, 0.15) is 12.8 Å². The van der Waals surface area contributed by atoms with Gasteiger partial charge >= 0.3 is 0 Å². The fraction of sp³-hybridized carbons (Fsp3) is 0.231. The van der Waals surface area contributed by atoms with Gasteiger partial charge in [0.15, 0.2) is 0 Å². The number of unbranched alkanes of at least 4 members (excludes halogenated alkanes) is 1. The van der Waals surface area contributed by atoms with Crippen molar-refractivity contribution in [2.24, 2.45) is 0 Å². The average molecular weight is 249 g/mol. The van der Waals surface area contributed by atoms with Crippen molar-refractivity contribution in [3.63, 3.8) is 0 Å². The molecule has 2 aromatic rings. The van der Waals surface area contributed by atoms with Crippen LogP contribution >= 0.6 is 11.6 Å². The van der Waals surface area contributed by atoms with E-state index in [1.807, 2.05) is 24.3 Å². The molecule has 2 rings (SSSR count). The van der Waals surface area contributed by atoms with Crippen molar-refractivity contribution >= 4 is 34.5 Å². The minimum atomic E-state index is 0.585. The molecule has 1 heterocycles. The number of benzene rings is 1. The summed E-state index contributed by atoms with van der Waals surface area (Å²) in [4.78, 5) is 14.5. The number of pyridine rings is 1. The molecule has 1 N–H and O–H groups in total. The van der Waals surface area contributed by atoms with Gasteiger partial charge in [0.25, 0.3) is 0 Å². The molecule has 17 heavy (non-hydrogen) atoms. The maximum absolute atomic E-state index is 10.2. The van der Waals surface area contributed by atoms with E-state index in [4.69, 9.17) is 11.6 Å². The third-order valence-electron chi connectivity index (χ3n) is 2.52. The summed E-state index contributed by atoms with van der Waals surface area (Å²) < 4.78 is 0. The number of carbonyl (C=O) groups excluding carboxylic acids is 1. The standard InChI is InChI=1S/C13H13ClN2O/c14-10-3-4-11-12(15-6-1-2-8-17)5-7-16-13(11)9-10/h3-5,7-9H,1-2,6H2,(H,15,16). The lowest BCUT2D eigenvalue weighted by Crippen LogP contribution is -2.02. The Morgan fingerprint density at radius 3 is 3.06 bits per heavy atom. The third kappa shape index (κ3) is 2.94. The van der Waals surface area contributed by atoms with Gasteiger partial charge in [0, 0.05) is 35.3 Å². The highest BCUT2D eigenvalue weighted by molar-refractivity contribution is 6.31. The second-order valence-corrected chi connectivity index (χ2v) is 4.19. The van der Waals surface area contributed by atoms with E-state index in [2.05, 4.69) is 10.3 Å². The number of nitrogens with one attached hydrogen (secondary N) is 1. The maximum Gasteiger partial charge on any atom is 0.120 e. The molecule has 0 spiro atoms. The van der Waals surface area contributed by atoms with Crippen LogP contribution in [-0.4, -0.2) is 17.8 Å². The number of carbonyl (C=O) groups is 1. The Bertz CT molecular complexity index is 528. The zero-order valence-corrected chi connectivity index (χ0v) is 10.1. The van der Waals surface area contributed by atoms with Crippen molar-refractivity contribution in [1.29, 1.82) is 0 Å². The highest BCUT2D eigenvalue weighted by Gasteiger charge is 2.01. The Labute approximate surface area is 105 Å². The topological polar surface area (TPSA) is 42.0 Å². The molecule has 0 aliphatic heterocycles. The second kappa shape index (κ2) is 5.64. The van der Waals surface area contributed by atoms with Crippen LogP contribution in [0.5, 0.6) is 0 Å². The van der Waals surface area contributed by atoms with Crippen molar-refractivity contribution in [2.75, 3.05) is 11.9 Å². The average Bonchev–Trinajstić information content (AvgIpc) is 2.34. The monoisotopic (exact) mass is 248 g/mol. The first kappa shape index (κ1) is 11.9. The number of fused-ring (bicyclic) bond motifs is 1. The number of nitrogens with zero attached hydrogens (tertiary/aromatic N) is 1. The fourth-order valence-corrected chi connectivity index (χ4v) is 1.85. The summed E-state index contributed by atoms with van der Waals surface area (Å²) in [6.45, 7) is 0.778. The molecule has 0 fully saturated rings. The molecular weight excluding hydrogens is 236 g/mol. The molecule has 0 bridgehead atoms. The fourth-order valence-electron chi connectivity index (χ4n) is 1.68. The summed E-state index contributed by atoms with van der Waals surface area (Å²) in [5.41, 5.74) is 1.90. The smallest absolute Gasteiger partial charge is 0.120 e. The van der Waals surface area contributed by atoms with Gasteiger partial charge in [0.1, 0.15) is 6.29 Å². The molecule has 0 aliphatic rings. The Morgan fingerprint density at radius 1 is 1.35 bits per heavy atom. The predicted octanol–water partition coefficient (Wildman–Crippen LogP) is 3.28. The molecule has 0 amide bonds. The Morgan fingerprint density at radius 2 is 2.24 bits per heavy atom. The lowest BCUT2D eigenvalue weighted by Gasteiger charge is -2.08. The van der Waals surface area contributed by atoms with E-state index >= 15 is 0 Å². The SMILES string of the molecule is O=CCCCNc1ccnc2cc(Cl)ccc12. The summed E-state index contributed by atoms with van der Waals surface area (Å²) in [5.74, 6) is 0. The molecule has 1 aromatic heterocycles. The number of halogens is 1. The van der Waals surface area contributed by atoms with Crippen molar-refractivity contribution in [1.82, 2.24) is 4.98 Å². The minimum Gasteiger partial charge on any atom is -0.384 e. The zero-order chi connectivity index (χ0) is 12.1. The van der Waals surface area contributed by atoms with E-state index in [0.717, 1.165) is 35.8 Å². The van der Waals surface area contributed by atoms with Crippen LogP contribution in [0.2, 0.25) is 5.02 Å². The first-order chi connectivity index (χ1) is 8.31. The molecule has 0 atom stereocenters. The largest absolute Gasteiger partial charge is 0.384 e. The van der Waals surface area contributed by atoms with E-state index in [1.54, 1.807) is 6.20 Å². The van der Waals surface area contributed by atoms with E-state index in [-0.39, 0.29) is 0 Å². The van der Waals surface area contributed by atoms with Crippen LogP contribution in [0.3, 0.4) is 0 Å². The van der Waals surface area contributed by atoms with Crippen LogP contribution in [0.25, 0.3) is 10.9 Å². The van der Waals surface area contributed by atoms with Gasteiger partial charge in [-0.1, -0.05) is 11.6 Å². The van der Waals surface area contributed by atoms with Crippen molar-refractivity contribution in [3.05, 3.63) is 35.5 Å². The molecule has 88 valence electrons. The predicted molar refractivity (Wildman–Crippen MR) is 70.5 cm³/mol. The Balaban J connectivity index is 2.19. The van der Waals surface area contributed by atoms with Crippen LogP contribution in [0.4, 0.5) is 5.69 Å². The summed E-state index contributed by atoms with van der Waals surface area (Å²) in [7, 11) is 0. The van der Waals surface area contributed by atoms with Gasteiger partial charge < -0.3 is 10.1 Å². The third-order valence-corrected chi connectivity index (χ3v) is 2.75. The number of hydrogen-bond acceptors (Lipinski definition) is 3. The number of rotatable bonds is 5.